The number of nitrogens with zero attached hydrogens (tertiary/aromatic N) is 2. The number of hydrogen-bond acceptors (Lipinski definition) is 3. The molecule has 1 aliphatic heterocycles. The van der Waals surface area contributed by atoms with E-state index < -0.39 is 0 Å². The van der Waals surface area contributed by atoms with E-state index in [2.05, 4.69) is 15.3 Å². The fourth-order valence-electron chi connectivity index (χ4n) is 1.26. The first-order chi connectivity index (χ1) is 5.88. The molecule has 0 spiro atoms. The van der Waals surface area contributed by atoms with Crippen LogP contribution in [0.2, 0.25) is 0 Å². The van der Waals surface area contributed by atoms with Crippen LogP contribution in [0, 0.1) is 0 Å². The Labute approximate surface area is 72.6 Å². The molecule has 1 rings (SSSR count). The number of hydrazine groups is 1. The van der Waals surface area contributed by atoms with E-state index in [-0.39, 0.29) is 0 Å². The lowest BCUT2D eigenvalue weighted by atomic mass is 10.4. The van der Waals surface area contributed by atoms with E-state index in [1.165, 1.54) is 0 Å². The molecule has 0 radical (unpaired) electrons. The number of ether oxygens (including phenoxy) is 1. The molecule has 0 atom stereocenters. The third-order valence-electron chi connectivity index (χ3n) is 1.86. The van der Waals surface area contributed by atoms with Gasteiger partial charge in [0, 0.05) is 26.7 Å². The van der Waals surface area contributed by atoms with Crippen LogP contribution in [0.4, 0.5) is 0 Å². The zero-order valence-corrected chi connectivity index (χ0v) is 7.42. The van der Waals surface area contributed by atoms with Gasteiger partial charge in [-0.1, -0.05) is 0 Å². The van der Waals surface area contributed by atoms with Crippen LogP contribution in [0.15, 0.2) is 4.99 Å². The molecule has 0 bridgehead atoms. The SMILES string of the molecule is CN=C(NN)N1CCCOCC1. The molecule has 1 fully saturated rings. The van der Waals surface area contributed by atoms with E-state index in [0.29, 0.717) is 0 Å². The van der Waals surface area contributed by atoms with Crippen LogP contribution in [0.5, 0.6) is 0 Å². The second-order valence-corrected chi connectivity index (χ2v) is 2.64. The first kappa shape index (κ1) is 9.28. The summed E-state index contributed by atoms with van der Waals surface area (Å²) >= 11 is 0. The highest BCUT2D eigenvalue weighted by Crippen LogP contribution is 1.98. The molecule has 0 aromatic carbocycles. The summed E-state index contributed by atoms with van der Waals surface area (Å²) in [5, 5.41) is 0. The number of nitrogens with one attached hydrogen (secondary N) is 1. The van der Waals surface area contributed by atoms with Crippen LogP contribution < -0.4 is 11.3 Å². The molecule has 0 aromatic heterocycles. The van der Waals surface area contributed by atoms with Crippen molar-refractivity contribution in [2.24, 2.45) is 10.8 Å². The van der Waals surface area contributed by atoms with E-state index in [1.807, 2.05) is 0 Å². The van der Waals surface area contributed by atoms with Crippen LogP contribution in [0.1, 0.15) is 6.42 Å². The smallest absolute Gasteiger partial charge is 0.208 e. The first-order valence-corrected chi connectivity index (χ1v) is 4.14. The van der Waals surface area contributed by atoms with Gasteiger partial charge in [0.15, 0.2) is 0 Å². The van der Waals surface area contributed by atoms with E-state index in [0.717, 1.165) is 38.7 Å². The van der Waals surface area contributed by atoms with Crippen molar-refractivity contribution in [1.82, 2.24) is 10.3 Å². The summed E-state index contributed by atoms with van der Waals surface area (Å²) in [5.41, 5.74) is 2.57. The summed E-state index contributed by atoms with van der Waals surface area (Å²) in [6.07, 6.45) is 1.03. The Kier molecular flexibility index (Phi) is 3.83. The van der Waals surface area contributed by atoms with Crippen molar-refractivity contribution < 1.29 is 4.74 Å². The van der Waals surface area contributed by atoms with Gasteiger partial charge in [-0.3, -0.25) is 10.4 Å². The lowest BCUT2D eigenvalue weighted by molar-refractivity contribution is 0.147. The monoisotopic (exact) mass is 172 g/mol. The Hall–Kier alpha value is -0.810. The van der Waals surface area contributed by atoms with Crippen LogP contribution >= 0.6 is 0 Å². The van der Waals surface area contributed by atoms with Crippen LogP contribution in [-0.2, 0) is 4.74 Å². The van der Waals surface area contributed by atoms with Gasteiger partial charge >= 0.3 is 0 Å². The molecule has 0 saturated carbocycles. The Morgan fingerprint density at radius 2 is 2.33 bits per heavy atom. The Balaban J connectivity index is 2.47. The summed E-state index contributed by atoms with van der Waals surface area (Å²) < 4.78 is 5.30. The average Bonchev–Trinajstić information content (AvgIpc) is 2.35. The fraction of sp³-hybridized carbons (Fsp3) is 0.857. The summed E-state index contributed by atoms with van der Waals surface area (Å²) in [4.78, 5) is 6.11. The third-order valence-corrected chi connectivity index (χ3v) is 1.86. The summed E-state index contributed by atoms with van der Waals surface area (Å²) in [6.45, 7) is 3.40. The largest absolute Gasteiger partial charge is 0.380 e. The molecule has 5 heteroatoms. The predicted octanol–water partition coefficient (Wildman–Crippen LogP) is -0.842. The maximum Gasteiger partial charge on any atom is 0.208 e. The zero-order valence-electron chi connectivity index (χ0n) is 7.42. The van der Waals surface area contributed by atoms with Crippen molar-refractivity contribution in [2.75, 3.05) is 33.4 Å². The highest BCUT2D eigenvalue weighted by molar-refractivity contribution is 5.79. The van der Waals surface area contributed by atoms with E-state index in [1.54, 1.807) is 7.05 Å². The molecule has 3 N–H and O–H groups in total. The molecule has 5 nitrogen and oxygen atoms in total. The molecule has 12 heavy (non-hydrogen) atoms. The molecule has 1 saturated heterocycles. The van der Waals surface area contributed by atoms with Gasteiger partial charge < -0.3 is 9.64 Å². The van der Waals surface area contributed by atoms with Gasteiger partial charge in [-0.15, -0.1) is 0 Å². The van der Waals surface area contributed by atoms with Gasteiger partial charge in [0.05, 0.1) is 6.61 Å². The minimum absolute atomic E-state index is 0.737. The number of nitrogens with two attached hydrogens (primary N) is 1. The van der Waals surface area contributed by atoms with Gasteiger partial charge in [0.2, 0.25) is 5.96 Å². The quantitative estimate of drug-likeness (QED) is 0.216. The fourth-order valence-corrected chi connectivity index (χ4v) is 1.26. The molecular formula is C7H16N4O. The summed E-state index contributed by atoms with van der Waals surface area (Å²) in [7, 11) is 1.72. The van der Waals surface area contributed by atoms with Crippen molar-refractivity contribution in [3.8, 4) is 0 Å². The van der Waals surface area contributed by atoms with Gasteiger partial charge in [0.25, 0.3) is 0 Å². The van der Waals surface area contributed by atoms with Crippen LogP contribution in [-0.4, -0.2) is 44.2 Å². The molecular weight excluding hydrogens is 156 g/mol. The lowest BCUT2D eigenvalue weighted by Crippen LogP contribution is -2.45. The zero-order chi connectivity index (χ0) is 8.81. The minimum Gasteiger partial charge on any atom is -0.380 e. The number of hydrogen-bond donors (Lipinski definition) is 2. The Morgan fingerprint density at radius 1 is 1.50 bits per heavy atom. The second kappa shape index (κ2) is 4.95. The van der Waals surface area contributed by atoms with Crippen LogP contribution in [0.25, 0.3) is 0 Å². The van der Waals surface area contributed by atoms with Gasteiger partial charge in [-0.05, 0) is 6.42 Å². The topological polar surface area (TPSA) is 62.9 Å². The van der Waals surface area contributed by atoms with Crippen molar-refractivity contribution in [2.45, 2.75) is 6.42 Å². The predicted molar refractivity (Wildman–Crippen MR) is 47.7 cm³/mol. The van der Waals surface area contributed by atoms with Gasteiger partial charge in [-0.2, -0.15) is 0 Å². The lowest BCUT2D eigenvalue weighted by Gasteiger charge is -2.22. The summed E-state index contributed by atoms with van der Waals surface area (Å²) in [6, 6.07) is 0. The molecule has 0 aliphatic carbocycles. The Bertz CT molecular complexity index is 151. The van der Waals surface area contributed by atoms with E-state index in [4.69, 9.17) is 10.6 Å². The molecule has 1 heterocycles. The number of aliphatic imine (C=N–C) groups is 1. The van der Waals surface area contributed by atoms with Crippen molar-refractivity contribution in [1.29, 1.82) is 0 Å². The molecule has 0 amide bonds. The minimum atomic E-state index is 0.737. The molecule has 0 unspecified atom stereocenters. The second-order valence-electron chi connectivity index (χ2n) is 2.64. The van der Waals surface area contributed by atoms with Gasteiger partial charge in [-0.25, -0.2) is 5.84 Å². The third kappa shape index (κ3) is 2.35. The molecule has 70 valence electrons. The average molecular weight is 172 g/mol. The van der Waals surface area contributed by atoms with Crippen molar-refractivity contribution in [3.05, 3.63) is 0 Å². The van der Waals surface area contributed by atoms with Crippen LogP contribution in [0.3, 0.4) is 0 Å². The summed E-state index contributed by atoms with van der Waals surface area (Å²) in [5.74, 6) is 6.04. The highest BCUT2D eigenvalue weighted by atomic mass is 16.5. The molecule has 0 aromatic rings. The standard InChI is InChI=1S/C7H16N4O/c1-9-7(10-8)11-3-2-5-12-6-4-11/h2-6,8H2,1H3,(H,9,10). The number of rotatable bonds is 0. The van der Waals surface area contributed by atoms with Crippen molar-refractivity contribution in [3.63, 3.8) is 0 Å². The molecule has 1 aliphatic rings. The normalized spacial score (nSPS) is 20.5. The first-order valence-electron chi connectivity index (χ1n) is 4.14. The van der Waals surface area contributed by atoms with Gasteiger partial charge in [0.1, 0.15) is 0 Å². The highest BCUT2D eigenvalue weighted by Gasteiger charge is 2.11. The van der Waals surface area contributed by atoms with E-state index in [9.17, 15) is 0 Å². The maximum atomic E-state index is 5.30. The van der Waals surface area contributed by atoms with Crippen molar-refractivity contribution >= 4 is 5.96 Å². The maximum absolute atomic E-state index is 5.30. The number of guanidine groups is 1. The Morgan fingerprint density at radius 3 is 3.00 bits per heavy atom. The van der Waals surface area contributed by atoms with E-state index >= 15 is 0 Å².